The number of aliphatic carboxylic acids is 2. The molecule has 0 radical (unpaired) electrons. The van der Waals surface area contributed by atoms with Gasteiger partial charge in [-0.2, -0.15) is 0 Å². The van der Waals surface area contributed by atoms with Crippen molar-refractivity contribution < 1.29 is 29.4 Å². The first-order valence-electron chi connectivity index (χ1n) is 6.42. The lowest BCUT2D eigenvalue weighted by Gasteiger charge is -2.17. The number of nitrogens with one attached hydrogen (secondary N) is 3. The molecule has 0 spiro atoms. The second-order valence-electron chi connectivity index (χ2n) is 4.97. The SMILES string of the molecule is CC(C)CNC(=O)C(C)NC(=O)N[C@@H](CC(=O)O)C(=O)O. The summed E-state index contributed by atoms with van der Waals surface area (Å²) in [6.45, 7) is 5.70. The predicted octanol–water partition coefficient (Wildman–Crippen LogP) is -0.626. The van der Waals surface area contributed by atoms with E-state index in [1.807, 2.05) is 19.2 Å². The maximum absolute atomic E-state index is 11.6. The summed E-state index contributed by atoms with van der Waals surface area (Å²) >= 11 is 0. The monoisotopic (exact) mass is 303 g/mol. The average Bonchev–Trinajstić information content (AvgIpc) is 2.33. The molecule has 0 aliphatic heterocycles. The Morgan fingerprint density at radius 1 is 1.00 bits per heavy atom. The molecule has 0 heterocycles. The van der Waals surface area contributed by atoms with E-state index < -0.39 is 42.4 Å². The highest BCUT2D eigenvalue weighted by atomic mass is 16.4. The van der Waals surface area contributed by atoms with E-state index in [-0.39, 0.29) is 5.92 Å². The van der Waals surface area contributed by atoms with E-state index in [9.17, 15) is 19.2 Å². The molecule has 9 nitrogen and oxygen atoms in total. The van der Waals surface area contributed by atoms with Crippen molar-refractivity contribution in [3.8, 4) is 0 Å². The molecule has 120 valence electrons. The van der Waals surface area contributed by atoms with Gasteiger partial charge >= 0.3 is 18.0 Å². The van der Waals surface area contributed by atoms with E-state index in [1.54, 1.807) is 0 Å². The number of hydrogen-bond acceptors (Lipinski definition) is 4. The third-order valence-electron chi connectivity index (χ3n) is 2.41. The third-order valence-corrected chi connectivity index (χ3v) is 2.41. The molecule has 0 aromatic rings. The number of rotatable bonds is 8. The Balaban J connectivity index is 4.36. The Morgan fingerprint density at radius 3 is 2.00 bits per heavy atom. The standard InChI is InChI=1S/C12H21N3O6/c1-6(2)5-13-10(18)7(3)14-12(21)15-8(11(19)20)4-9(16)17/h6-8H,4-5H2,1-3H3,(H,13,18)(H,16,17)(H,19,20)(H2,14,15,21)/t7?,8-/m0/s1. The fourth-order valence-corrected chi connectivity index (χ4v) is 1.29. The van der Waals surface area contributed by atoms with Crippen molar-refractivity contribution in [2.24, 2.45) is 5.92 Å². The molecule has 21 heavy (non-hydrogen) atoms. The van der Waals surface area contributed by atoms with Crippen LogP contribution in [0.3, 0.4) is 0 Å². The summed E-state index contributed by atoms with van der Waals surface area (Å²) < 4.78 is 0. The fraction of sp³-hybridized carbons (Fsp3) is 0.667. The Morgan fingerprint density at radius 2 is 1.57 bits per heavy atom. The van der Waals surface area contributed by atoms with Gasteiger partial charge in [-0.3, -0.25) is 9.59 Å². The second kappa shape index (κ2) is 8.77. The van der Waals surface area contributed by atoms with E-state index in [2.05, 4.69) is 10.6 Å². The predicted molar refractivity (Wildman–Crippen MR) is 72.7 cm³/mol. The van der Waals surface area contributed by atoms with Crippen LogP contribution in [0.1, 0.15) is 27.2 Å². The summed E-state index contributed by atoms with van der Waals surface area (Å²) in [4.78, 5) is 44.4. The van der Waals surface area contributed by atoms with E-state index in [1.165, 1.54) is 6.92 Å². The Labute approximate surface area is 122 Å². The van der Waals surface area contributed by atoms with Crippen LogP contribution in [0, 0.1) is 5.92 Å². The molecular weight excluding hydrogens is 282 g/mol. The zero-order valence-corrected chi connectivity index (χ0v) is 12.2. The van der Waals surface area contributed by atoms with Gasteiger partial charge in [-0.1, -0.05) is 13.8 Å². The highest BCUT2D eigenvalue weighted by Gasteiger charge is 2.24. The second-order valence-corrected chi connectivity index (χ2v) is 4.97. The normalized spacial score (nSPS) is 13.1. The zero-order chi connectivity index (χ0) is 16.6. The number of carbonyl (C=O) groups is 4. The largest absolute Gasteiger partial charge is 0.481 e. The van der Waals surface area contributed by atoms with Crippen molar-refractivity contribution in [2.45, 2.75) is 39.3 Å². The number of carboxylic acids is 2. The molecule has 0 aromatic heterocycles. The van der Waals surface area contributed by atoms with Crippen LogP contribution in [0.2, 0.25) is 0 Å². The lowest BCUT2D eigenvalue weighted by molar-refractivity contribution is -0.145. The van der Waals surface area contributed by atoms with Crippen molar-refractivity contribution in [3.05, 3.63) is 0 Å². The number of amides is 3. The Kier molecular flexibility index (Phi) is 7.80. The molecule has 9 heteroatoms. The van der Waals surface area contributed by atoms with Gasteiger partial charge in [0.05, 0.1) is 6.42 Å². The molecular formula is C12H21N3O6. The molecule has 0 aromatic carbocycles. The first kappa shape index (κ1) is 18.7. The van der Waals surface area contributed by atoms with Crippen LogP contribution in [0.5, 0.6) is 0 Å². The van der Waals surface area contributed by atoms with E-state index in [0.717, 1.165) is 0 Å². The highest BCUT2D eigenvalue weighted by molar-refractivity contribution is 5.89. The van der Waals surface area contributed by atoms with E-state index in [4.69, 9.17) is 10.2 Å². The summed E-state index contributed by atoms with van der Waals surface area (Å²) in [5, 5.41) is 24.1. The van der Waals surface area contributed by atoms with E-state index in [0.29, 0.717) is 6.54 Å². The number of hydrogen-bond donors (Lipinski definition) is 5. The van der Waals surface area contributed by atoms with Crippen LogP contribution in [-0.2, 0) is 14.4 Å². The van der Waals surface area contributed by atoms with Gasteiger partial charge in [0.15, 0.2) is 0 Å². The molecule has 0 rings (SSSR count). The number of urea groups is 1. The molecule has 0 bridgehead atoms. The summed E-state index contributed by atoms with van der Waals surface area (Å²) in [7, 11) is 0. The molecule has 1 unspecified atom stereocenters. The molecule has 0 fully saturated rings. The highest BCUT2D eigenvalue weighted by Crippen LogP contribution is 1.94. The molecule has 3 amide bonds. The molecule has 0 aliphatic rings. The van der Waals surface area contributed by atoms with Crippen LogP contribution in [0.25, 0.3) is 0 Å². The summed E-state index contributed by atoms with van der Waals surface area (Å²) in [5.41, 5.74) is 0. The van der Waals surface area contributed by atoms with Gasteiger partial charge in [0, 0.05) is 6.54 Å². The molecule has 5 N–H and O–H groups in total. The van der Waals surface area contributed by atoms with Gasteiger partial charge < -0.3 is 26.2 Å². The van der Waals surface area contributed by atoms with Crippen molar-refractivity contribution in [2.75, 3.05) is 6.54 Å². The van der Waals surface area contributed by atoms with Crippen LogP contribution >= 0.6 is 0 Å². The lowest BCUT2D eigenvalue weighted by Crippen LogP contribution is -2.52. The summed E-state index contributed by atoms with van der Waals surface area (Å²) in [6, 6.07) is -3.35. The average molecular weight is 303 g/mol. The smallest absolute Gasteiger partial charge is 0.326 e. The zero-order valence-electron chi connectivity index (χ0n) is 12.2. The maximum atomic E-state index is 11.6. The minimum Gasteiger partial charge on any atom is -0.481 e. The van der Waals surface area contributed by atoms with Crippen LogP contribution in [-0.4, -0.2) is 52.7 Å². The van der Waals surface area contributed by atoms with Crippen LogP contribution < -0.4 is 16.0 Å². The molecule has 0 aliphatic carbocycles. The topological polar surface area (TPSA) is 145 Å². The van der Waals surface area contributed by atoms with Gasteiger partial charge in [0.25, 0.3) is 0 Å². The van der Waals surface area contributed by atoms with Gasteiger partial charge in [0.2, 0.25) is 5.91 Å². The minimum atomic E-state index is -1.56. The quantitative estimate of drug-likeness (QED) is 0.404. The van der Waals surface area contributed by atoms with Crippen molar-refractivity contribution in [1.82, 2.24) is 16.0 Å². The van der Waals surface area contributed by atoms with Gasteiger partial charge in [-0.05, 0) is 12.8 Å². The number of carbonyl (C=O) groups excluding carboxylic acids is 2. The molecule has 2 atom stereocenters. The fourth-order valence-electron chi connectivity index (χ4n) is 1.29. The first-order valence-corrected chi connectivity index (χ1v) is 6.42. The van der Waals surface area contributed by atoms with E-state index >= 15 is 0 Å². The number of carboxylic acid groups (broad SMARTS) is 2. The van der Waals surface area contributed by atoms with Crippen LogP contribution in [0.4, 0.5) is 4.79 Å². The van der Waals surface area contributed by atoms with Crippen molar-refractivity contribution >= 4 is 23.9 Å². The van der Waals surface area contributed by atoms with Crippen molar-refractivity contribution in [3.63, 3.8) is 0 Å². The van der Waals surface area contributed by atoms with Crippen LogP contribution in [0.15, 0.2) is 0 Å². The van der Waals surface area contributed by atoms with Gasteiger partial charge in [-0.15, -0.1) is 0 Å². The maximum Gasteiger partial charge on any atom is 0.326 e. The molecule has 0 saturated heterocycles. The Hall–Kier alpha value is -2.32. The lowest BCUT2D eigenvalue weighted by atomic mass is 10.2. The minimum absolute atomic E-state index is 0.252. The Bertz CT molecular complexity index is 410. The molecule has 0 saturated carbocycles. The first-order chi connectivity index (χ1) is 9.63. The summed E-state index contributed by atoms with van der Waals surface area (Å²) in [5.74, 6) is -2.99. The van der Waals surface area contributed by atoms with Gasteiger partial charge in [0.1, 0.15) is 12.1 Å². The van der Waals surface area contributed by atoms with Gasteiger partial charge in [-0.25, -0.2) is 9.59 Å². The van der Waals surface area contributed by atoms with Crippen molar-refractivity contribution in [1.29, 1.82) is 0 Å². The third kappa shape index (κ3) is 8.45. The summed E-state index contributed by atoms with van der Waals surface area (Å²) in [6.07, 6.45) is -0.753.